The van der Waals surface area contributed by atoms with Gasteiger partial charge in [-0.2, -0.15) is 0 Å². The highest BCUT2D eigenvalue weighted by atomic mass is 35.5. The van der Waals surface area contributed by atoms with Gasteiger partial charge in [0, 0.05) is 28.3 Å². The zero-order chi connectivity index (χ0) is 15.2. The third kappa shape index (κ3) is 4.06. The number of hydrogen-bond donors (Lipinski definition) is 1. The van der Waals surface area contributed by atoms with Crippen LogP contribution in [0.25, 0.3) is 0 Å². The minimum atomic E-state index is -0.146. The van der Waals surface area contributed by atoms with E-state index in [4.69, 9.17) is 26.8 Å². The molecule has 2 aromatic rings. The van der Waals surface area contributed by atoms with Crippen LogP contribution in [0.5, 0.6) is 11.5 Å². The minimum Gasteiger partial charge on any atom is -0.497 e. The maximum absolute atomic E-state index is 6.28. The molecule has 1 unspecified atom stereocenters. The molecule has 0 fully saturated rings. The van der Waals surface area contributed by atoms with Crippen LogP contribution in [-0.4, -0.2) is 20.0 Å². The second-order valence-electron chi connectivity index (χ2n) is 4.46. The smallest absolute Gasteiger partial charge is 0.127 e. The molecule has 0 aliphatic rings. The van der Waals surface area contributed by atoms with Crippen LogP contribution in [0.1, 0.15) is 11.6 Å². The fourth-order valence-electron chi connectivity index (χ4n) is 1.96. The van der Waals surface area contributed by atoms with Crippen molar-refractivity contribution < 1.29 is 9.47 Å². The molecule has 0 amide bonds. The van der Waals surface area contributed by atoms with Crippen molar-refractivity contribution >= 4 is 23.4 Å². The first-order valence-electron chi connectivity index (χ1n) is 6.50. The fourth-order valence-corrected chi connectivity index (χ4v) is 3.17. The van der Waals surface area contributed by atoms with E-state index in [1.54, 1.807) is 26.0 Å². The van der Waals surface area contributed by atoms with Gasteiger partial charge in [0.1, 0.15) is 11.5 Å². The van der Waals surface area contributed by atoms with Gasteiger partial charge in [-0.15, -0.1) is 11.8 Å². The lowest BCUT2D eigenvalue weighted by Crippen LogP contribution is -2.14. The number of ether oxygens (including phenoxy) is 2. The van der Waals surface area contributed by atoms with Crippen LogP contribution in [0.3, 0.4) is 0 Å². The van der Waals surface area contributed by atoms with E-state index >= 15 is 0 Å². The van der Waals surface area contributed by atoms with Crippen molar-refractivity contribution in [1.82, 2.24) is 0 Å². The van der Waals surface area contributed by atoms with Gasteiger partial charge in [-0.05, 0) is 18.2 Å². The highest BCUT2D eigenvalue weighted by Gasteiger charge is 2.14. The van der Waals surface area contributed by atoms with Crippen LogP contribution in [0.2, 0.25) is 5.02 Å². The summed E-state index contributed by atoms with van der Waals surface area (Å²) in [7, 11) is 3.26. The molecule has 0 saturated carbocycles. The number of methoxy groups -OCH3 is 2. The van der Waals surface area contributed by atoms with E-state index in [2.05, 4.69) is 0 Å². The average molecular weight is 324 g/mol. The van der Waals surface area contributed by atoms with E-state index in [1.807, 2.05) is 42.5 Å². The number of benzene rings is 2. The SMILES string of the molecule is COc1ccc(C(N)CSc2ccccc2Cl)c(OC)c1. The van der Waals surface area contributed by atoms with Crippen LogP contribution in [-0.2, 0) is 0 Å². The number of rotatable bonds is 6. The van der Waals surface area contributed by atoms with E-state index < -0.39 is 0 Å². The first-order valence-corrected chi connectivity index (χ1v) is 7.87. The first kappa shape index (κ1) is 16.0. The maximum atomic E-state index is 6.28. The molecule has 0 bridgehead atoms. The molecule has 0 aliphatic carbocycles. The van der Waals surface area contributed by atoms with Gasteiger partial charge in [-0.25, -0.2) is 0 Å². The van der Waals surface area contributed by atoms with Gasteiger partial charge >= 0.3 is 0 Å². The normalized spacial score (nSPS) is 12.0. The van der Waals surface area contributed by atoms with Crippen LogP contribution in [0.15, 0.2) is 47.4 Å². The second-order valence-corrected chi connectivity index (χ2v) is 5.92. The fraction of sp³-hybridized carbons (Fsp3) is 0.250. The summed E-state index contributed by atoms with van der Waals surface area (Å²) < 4.78 is 10.6. The zero-order valence-corrected chi connectivity index (χ0v) is 13.6. The molecule has 112 valence electrons. The lowest BCUT2D eigenvalue weighted by Gasteiger charge is -2.16. The van der Waals surface area contributed by atoms with Gasteiger partial charge in [0.25, 0.3) is 0 Å². The third-order valence-electron chi connectivity index (χ3n) is 3.10. The van der Waals surface area contributed by atoms with Crippen molar-refractivity contribution in [3.05, 3.63) is 53.1 Å². The van der Waals surface area contributed by atoms with Gasteiger partial charge in [0.15, 0.2) is 0 Å². The van der Waals surface area contributed by atoms with Crippen molar-refractivity contribution in [2.75, 3.05) is 20.0 Å². The highest BCUT2D eigenvalue weighted by Crippen LogP contribution is 2.33. The summed E-state index contributed by atoms with van der Waals surface area (Å²) >= 11 is 7.78. The molecule has 0 spiro atoms. The Morgan fingerprint density at radius 3 is 2.57 bits per heavy atom. The van der Waals surface area contributed by atoms with Crippen molar-refractivity contribution in [3.63, 3.8) is 0 Å². The quantitative estimate of drug-likeness (QED) is 0.811. The van der Waals surface area contributed by atoms with Gasteiger partial charge in [0.05, 0.1) is 19.2 Å². The molecule has 3 nitrogen and oxygen atoms in total. The summed E-state index contributed by atoms with van der Waals surface area (Å²) in [5.74, 6) is 2.20. The third-order valence-corrected chi connectivity index (χ3v) is 4.73. The molecule has 2 N–H and O–H groups in total. The van der Waals surface area contributed by atoms with Crippen molar-refractivity contribution in [2.45, 2.75) is 10.9 Å². The molecule has 1 atom stereocenters. The molecule has 0 aliphatic heterocycles. The molecule has 0 radical (unpaired) electrons. The van der Waals surface area contributed by atoms with E-state index in [0.717, 1.165) is 27.0 Å². The number of thioether (sulfide) groups is 1. The molecule has 0 aromatic heterocycles. The van der Waals surface area contributed by atoms with Gasteiger partial charge in [-0.3, -0.25) is 0 Å². The standard InChI is InChI=1S/C16H18ClNO2S/c1-19-11-7-8-12(15(9-11)20-2)14(18)10-21-16-6-4-3-5-13(16)17/h3-9,14H,10,18H2,1-2H3. The van der Waals surface area contributed by atoms with Crippen LogP contribution in [0.4, 0.5) is 0 Å². The molecule has 0 saturated heterocycles. The Morgan fingerprint density at radius 2 is 1.90 bits per heavy atom. The van der Waals surface area contributed by atoms with Crippen molar-refractivity contribution in [3.8, 4) is 11.5 Å². The van der Waals surface area contributed by atoms with Gasteiger partial charge < -0.3 is 15.2 Å². The molecule has 2 aromatic carbocycles. The van der Waals surface area contributed by atoms with Crippen LogP contribution >= 0.6 is 23.4 Å². The zero-order valence-electron chi connectivity index (χ0n) is 12.0. The largest absolute Gasteiger partial charge is 0.497 e. The van der Waals surface area contributed by atoms with Gasteiger partial charge in [0.2, 0.25) is 0 Å². The average Bonchev–Trinajstić information content (AvgIpc) is 2.53. The Balaban J connectivity index is 2.10. The number of nitrogens with two attached hydrogens (primary N) is 1. The van der Waals surface area contributed by atoms with E-state index in [-0.39, 0.29) is 6.04 Å². The summed E-state index contributed by atoms with van der Waals surface area (Å²) in [4.78, 5) is 1.03. The Kier molecular flexibility index (Phi) is 5.79. The lowest BCUT2D eigenvalue weighted by molar-refractivity contribution is 0.389. The summed E-state index contributed by atoms with van der Waals surface area (Å²) in [6, 6.07) is 13.3. The molecular weight excluding hydrogens is 306 g/mol. The number of hydrogen-bond acceptors (Lipinski definition) is 4. The molecule has 2 rings (SSSR count). The first-order chi connectivity index (χ1) is 10.2. The molecule has 5 heteroatoms. The predicted molar refractivity (Wildman–Crippen MR) is 88.7 cm³/mol. The predicted octanol–water partition coefficient (Wildman–Crippen LogP) is 4.15. The highest BCUT2D eigenvalue weighted by molar-refractivity contribution is 7.99. The minimum absolute atomic E-state index is 0.146. The molecule has 21 heavy (non-hydrogen) atoms. The Labute approximate surface area is 134 Å². The molecule has 0 heterocycles. The Bertz CT molecular complexity index is 607. The topological polar surface area (TPSA) is 44.5 Å². The summed E-state index contributed by atoms with van der Waals surface area (Å²) in [6.07, 6.45) is 0. The summed E-state index contributed by atoms with van der Waals surface area (Å²) in [6.45, 7) is 0. The van der Waals surface area contributed by atoms with E-state index in [9.17, 15) is 0 Å². The molecular formula is C16H18ClNO2S. The second kappa shape index (κ2) is 7.59. The summed E-state index contributed by atoms with van der Waals surface area (Å²) in [5.41, 5.74) is 7.23. The van der Waals surface area contributed by atoms with E-state index in [1.165, 1.54) is 0 Å². The number of halogens is 1. The van der Waals surface area contributed by atoms with Crippen molar-refractivity contribution in [1.29, 1.82) is 0 Å². The lowest BCUT2D eigenvalue weighted by atomic mass is 10.1. The van der Waals surface area contributed by atoms with Crippen LogP contribution < -0.4 is 15.2 Å². The summed E-state index contributed by atoms with van der Waals surface area (Å²) in [5, 5.41) is 0.747. The van der Waals surface area contributed by atoms with Crippen molar-refractivity contribution in [2.24, 2.45) is 5.73 Å². The monoisotopic (exact) mass is 323 g/mol. The Hall–Kier alpha value is -1.36. The maximum Gasteiger partial charge on any atom is 0.127 e. The van der Waals surface area contributed by atoms with Gasteiger partial charge in [-0.1, -0.05) is 29.8 Å². The Morgan fingerprint density at radius 1 is 1.14 bits per heavy atom. The van der Waals surface area contributed by atoms with E-state index in [0.29, 0.717) is 5.75 Å². The van der Waals surface area contributed by atoms with Crippen LogP contribution in [0, 0.1) is 0 Å².